The quantitative estimate of drug-likeness (QED) is 0.854. The molecule has 1 aliphatic rings. The molecule has 0 bridgehead atoms. The summed E-state index contributed by atoms with van der Waals surface area (Å²) in [5, 5.41) is 6.53. The van der Waals surface area contributed by atoms with Gasteiger partial charge in [-0.15, -0.1) is 0 Å². The second-order valence-electron chi connectivity index (χ2n) is 5.21. The Morgan fingerprint density at radius 3 is 2.89 bits per heavy atom. The van der Waals surface area contributed by atoms with Crippen LogP contribution in [0, 0.1) is 5.92 Å². The predicted octanol–water partition coefficient (Wildman–Crippen LogP) is 3.10. The molecule has 1 amide bonds. The number of aryl methyl sites for hydroxylation is 1. The Morgan fingerprint density at radius 2 is 2.16 bits per heavy atom. The number of rotatable bonds is 5. The smallest absolute Gasteiger partial charge is 0.223 e. The number of carbonyl (C=O) groups excluding carboxylic acids is 1. The lowest BCUT2D eigenvalue weighted by atomic mass is 9.99. The van der Waals surface area contributed by atoms with Gasteiger partial charge in [-0.3, -0.25) is 4.79 Å². The second-order valence-corrected chi connectivity index (χ2v) is 5.21. The van der Waals surface area contributed by atoms with Crippen LogP contribution in [0.15, 0.2) is 18.2 Å². The number of para-hydroxylation sites is 1. The number of hydrogen-bond acceptors (Lipinski definition) is 2. The highest BCUT2D eigenvalue weighted by Crippen LogP contribution is 2.26. The molecule has 0 aromatic heterocycles. The number of hydrogen-bond donors (Lipinski definition) is 2. The van der Waals surface area contributed by atoms with Gasteiger partial charge in [0.2, 0.25) is 5.91 Å². The molecule has 19 heavy (non-hydrogen) atoms. The van der Waals surface area contributed by atoms with Crippen LogP contribution in [0.2, 0.25) is 0 Å². The van der Waals surface area contributed by atoms with Crippen molar-refractivity contribution in [1.82, 2.24) is 5.32 Å². The maximum Gasteiger partial charge on any atom is 0.223 e. The third-order valence-electron chi connectivity index (χ3n) is 3.97. The molecule has 1 heterocycles. The van der Waals surface area contributed by atoms with Crippen molar-refractivity contribution in [3.63, 3.8) is 0 Å². The van der Waals surface area contributed by atoms with E-state index in [1.165, 1.54) is 23.2 Å². The molecular weight excluding hydrogens is 236 g/mol. The van der Waals surface area contributed by atoms with Gasteiger partial charge < -0.3 is 10.6 Å². The maximum absolute atomic E-state index is 12.0. The third kappa shape index (κ3) is 3.28. The van der Waals surface area contributed by atoms with E-state index in [9.17, 15) is 4.79 Å². The summed E-state index contributed by atoms with van der Waals surface area (Å²) in [6.07, 6.45) is 4.15. The minimum atomic E-state index is 0.146. The van der Waals surface area contributed by atoms with Crippen LogP contribution in [-0.4, -0.2) is 12.5 Å². The maximum atomic E-state index is 12.0. The van der Waals surface area contributed by atoms with E-state index in [4.69, 9.17) is 0 Å². The topological polar surface area (TPSA) is 41.1 Å². The van der Waals surface area contributed by atoms with E-state index in [1.54, 1.807) is 0 Å². The molecule has 3 nitrogen and oxygen atoms in total. The van der Waals surface area contributed by atoms with Gasteiger partial charge in [-0.25, -0.2) is 0 Å². The van der Waals surface area contributed by atoms with Crippen LogP contribution in [0.1, 0.15) is 44.2 Å². The van der Waals surface area contributed by atoms with Gasteiger partial charge in [-0.05, 0) is 36.8 Å². The molecule has 1 aromatic rings. The zero-order valence-electron chi connectivity index (χ0n) is 12.0. The number of anilines is 1. The summed E-state index contributed by atoms with van der Waals surface area (Å²) in [7, 11) is 0. The van der Waals surface area contributed by atoms with E-state index in [1.807, 2.05) is 0 Å². The first-order chi connectivity index (χ1) is 9.26. The van der Waals surface area contributed by atoms with Crippen LogP contribution in [0.3, 0.4) is 0 Å². The van der Waals surface area contributed by atoms with E-state index in [0.29, 0.717) is 6.54 Å². The average Bonchev–Trinajstić information content (AvgIpc) is 2.46. The van der Waals surface area contributed by atoms with Gasteiger partial charge in [0.15, 0.2) is 0 Å². The van der Waals surface area contributed by atoms with Crippen molar-refractivity contribution in [3.05, 3.63) is 29.3 Å². The van der Waals surface area contributed by atoms with Gasteiger partial charge in [0.05, 0.1) is 0 Å². The minimum Gasteiger partial charge on any atom is -0.385 e. The number of benzene rings is 1. The van der Waals surface area contributed by atoms with Crippen molar-refractivity contribution in [2.75, 3.05) is 11.9 Å². The molecule has 2 N–H and O–H groups in total. The molecule has 2 rings (SSSR count). The fourth-order valence-corrected chi connectivity index (χ4v) is 2.71. The van der Waals surface area contributed by atoms with Crippen LogP contribution in [0.4, 0.5) is 5.69 Å². The molecule has 0 atom stereocenters. The third-order valence-corrected chi connectivity index (χ3v) is 3.97. The average molecular weight is 260 g/mol. The van der Waals surface area contributed by atoms with E-state index >= 15 is 0 Å². The SMILES string of the molecule is CCC(CC)C(=O)NCc1cccc2c1NCCC2. The number of carbonyl (C=O) groups is 1. The number of fused-ring (bicyclic) bond motifs is 1. The van der Waals surface area contributed by atoms with Crippen LogP contribution >= 0.6 is 0 Å². The lowest BCUT2D eigenvalue weighted by molar-refractivity contribution is -0.125. The summed E-state index contributed by atoms with van der Waals surface area (Å²) in [4.78, 5) is 12.0. The largest absolute Gasteiger partial charge is 0.385 e. The molecule has 0 saturated heterocycles. The van der Waals surface area contributed by atoms with Crippen molar-refractivity contribution in [1.29, 1.82) is 0 Å². The zero-order valence-corrected chi connectivity index (χ0v) is 12.0. The van der Waals surface area contributed by atoms with Crippen molar-refractivity contribution in [2.45, 2.75) is 46.1 Å². The Morgan fingerprint density at radius 1 is 1.37 bits per heavy atom. The Labute approximate surface area is 115 Å². The first-order valence-electron chi connectivity index (χ1n) is 7.38. The molecule has 1 aliphatic heterocycles. The molecule has 0 unspecified atom stereocenters. The summed E-state index contributed by atoms with van der Waals surface area (Å²) in [6, 6.07) is 6.36. The monoisotopic (exact) mass is 260 g/mol. The first kappa shape index (κ1) is 13.9. The summed E-state index contributed by atoms with van der Waals surface area (Å²) >= 11 is 0. The van der Waals surface area contributed by atoms with E-state index < -0.39 is 0 Å². The Kier molecular flexibility index (Phi) is 4.83. The molecule has 104 valence electrons. The lowest BCUT2D eigenvalue weighted by Gasteiger charge is -2.22. The van der Waals surface area contributed by atoms with Gasteiger partial charge in [0, 0.05) is 24.7 Å². The predicted molar refractivity (Wildman–Crippen MR) is 79.2 cm³/mol. The number of nitrogens with one attached hydrogen (secondary N) is 2. The summed E-state index contributed by atoms with van der Waals surface area (Å²) in [5.41, 5.74) is 3.82. The van der Waals surface area contributed by atoms with Gasteiger partial charge >= 0.3 is 0 Å². The van der Waals surface area contributed by atoms with E-state index in [-0.39, 0.29) is 11.8 Å². The summed E-state index contributed by atoms with van der Waals surface area (Å²) in [6.45, 7) is 5.80. The van der Waals surface area contributed by atoms with Gasteiger partial charge in [-0.1, -0.05) is 32.0 Å². The molecule has 0 radical (unpaired) electrons. The molecule has 1 aromatic carbocycles. The van der Waals surface area contributed by atoms with E-state index in [2.05, 4.69) is 42.7 Å². The highest BCUT2D eigenvalue weighted by atomic mass is 16.1. The first-order valence-corrected chi connectivity index (χ1v) is 7.38. The minimum absolute atomic E-state index is 0.146. The summed E-state index contributed by atoms with van der Waals surface area (Å²) in [5.74, 6) is 0.325. The standard InChI is InChI=1S/C16H24N2O/c1-3-12(4-2)16(19)18-11-14-8-5-7-13-9-6-10-17-15(13)14/h5,7-8,12,17H,3-4,6,9-11H2,1-2H3,(H,18,19). The van der Waals surface area contributed by atoms with Gasteiger partial charge in [-0.2, -0.15) is 0 Å². The van der Waals surface area contributed by atoms with Crippen molar-refractivity contribution < 1.29 is 4.79 Å². The fraction of sp³-hybridized carbons (Fsp3) is 0.562. The highest BCUT2D eigenvalue weighted by molar-refractivity contribution is 5.78. The number of amides is 1. The van der Waals surface area contributed by atoms with Crippen molar-refractivity contribution in [2.24, 2.45) is 5.92 Å². The van der Waals surface area contributed by atoms with Crippen LogP contribution in [-0.2, 0) is 17.8 Å². The van der Waals surface area contributed by atoms with Crippen molar-refractivity contribution >= 4 is 11.6 Å². The molecule has 0 fully saturated rings. The van der Waals surface area contributed by atoms with Crippen molar-refractivity contribution in [3.8, 4) is 0 Å². The second kappa shape index (κ2) is 6.60. The van der Waals surface area contributed by atoms with Gasteiger partial charge in [0.25, 0.3) is 0 Å². The Hall–Kier alpha value is -1.51. The lowest BCUT2D eigenvalue weighted by Crippen LogP contribution is -2.30. The van der Waals surface area contributed by atoms with Gasteiger partial charge in [0.1, 0.15) is 0 Å². The van der Waals surface area contributed by atoms with Crippen LogP contribution in [0.25, 0.3) is 0 Å². The van der Waals surface area contributed by atoms with Crippen LogP contribution in [0.5, 0.6) is 0 Å². The fourth-order valence-electron chi connectivity index (χ4n) is 2.71. The molecule has 0 spiro atoms. The molecule has 0 aliphatic carbocycles. The van der Waals surface area contributed by atoms with E-state index in [0.717, 1.165) is 25.8 Å². The molecule has 0 saturated carbocycles. The Bertz CT molecular complexity index is 438. The summed E-state index contributed by atoms with van der Waals surface area (Å²) < 4.78 is 0. The normalized spacial score (nSPS) is 13.8. The molecular formula is C16H24N2O. The highest BCUT2D eigenvalue weighted by Gasteiger charge is 2.16. The Balaban J connectivity index is 2.02. The van der Waals surface area contributed by atoms with Crippen LogP contribution < -0.4 is 10.6 Å². The zero-order chi connectivity index (χ0) is 13.7. The molecule has 3 heteroatoms.